The number of nitrogens with one attached hydrogen (secondary N) is 1. The zero-order chi connectivity index (χ0) is 22.7. The Morgan fingerprint density at radius 3 is 2.31 bits per heavy atom. The fourth-order valence-electron chi connectivity index (χ4n) is 3.45. The van der Waals surface area contributed by atoms with Crippen LogP contribution in [0.2, 0.25) is 5.02 Å². The minimum absolute atomic E-state index is 0.0830. The number of ketones is 1. The maximum absolute atomic E-state index is 13.4. The van der Waals surface area contributed by atoms with E-state index in [1.807, 2.05) is 24.3 Å². The molecule has 164 valence electrons. The van der Waals surface area contributed by atoms with E-state index in [4.69, 9.17) is 16.3 Å². The smallest absolute Gasteiger partial charge is 0.270 e. The van der Waals surface area contributed by atoms with E-state index in [0.29, 0.717) is 22.8 Å². The van der Waals surface area contributed by atoms with Crippen molar-refractivity contribution in [3.8, 4) is 5.75 Å². The molecule has 0 radical (unpaired) electrons. The number of hydrogen-bond donors (Lipinski definition) is 1. The van der Waals surface area contributed by atoms with Crippen molar-refractivity contribution in [2.45, 2.75) is 13.1 Å². The predicted molar refractivity (Wildman–Crippen MR) is 125 cm³/mol. The molecule has 0 fully saturated rings. The number of methoxy groups -OCH3 is 1. The van der Waals surface area contributed by atoms with E-state index in [1.54, 1.807) is 55.6 Å². The molecular weight excluding hydrogens is 448 g/mol. The van der Waals surface area contributed by atoms with Crippen LogP contribution in [0.4, 0.5) is 5.69 Å². The highest BCUT2D eigenvalue weighted by atomic mass is 35.5. The van der Waals surface area contributed by atoms with E-state index >= 15 is 0 Å². The number of halogens is 1. The Morgan fingerprint density at radius 2 is 1.62 bits per heavy atom. The minimum Gasteiger partial charge on any atom is -0.497 e. The number of fused-ring (bicyclic) bond motifs is 1. The first-order valence-electron chi connectivity index (χ1n) is 9.87. The zero-order valence-corrected chi connectivity index (χ0v) is 18.9. The lowest BCUT2D eigenvalue weighted by Gasteiger charge is -2.31. The number of hydrogen-bond acceptors (Lipinski definition) is 5. The fourth-order valence-corrected chi connectivity index (χ4v) is 5.13. The van der Waals surface area contributed by atoms with Gasteiger partial charge in [0.2, 0.25) is 5.78 Å². The highest BCUT2D eigenvalue weighted by molar-refractivity contribution is 7.97. The number of sulfonamides is 1. The van der Waals surface area contributed by atoms with E-state index in [-0.39, 0.29) is 11.4 Å². The second-order valence-corrected chi connectivity index (χ2v) is 9.49. The van der Waals surface area contributed by atoms with Crippen LogP contribution in [-0.4, -0.2) is 21.3 Å². The molecule has 32 heavy (non-hydrogen) atoms. The van der Waals surface area contributed by atoms with Crippen molar-refractivity contribution < 1.29 is 17.9 Å². The molecule has 1 aliphatic rings. The molecule has 0 spiro atoms. The summed E-state index contributed by atoms with van der Waals surface area (Å²) in [5, 5.41) is 3.53. The van der Waals surface area contributed by atoms with Crippen LogP contribution in [-0.2, 0) is 23.1 Å². The van der Waals surface area contributed by atoms with Crippen LogP contribution >= 0.6 is 11.6 Å². The van der Waals surface area contributed by atoms with Gasteiger partial charge in [-0.3, -0.25) is 9.10 Å². The first kappa shape index (κ1) is 21.9. The number of Topliss-reactive ketones (excluding diaryl/α,β-unsaturated/α-hetero) is 1. The van der Waals surface area contributed by atoms with Crippen molar-refractivity contribution in [2.24, 2.45) is 0 Å². The summed E-state index contributed by atoms with van der Waals surface area (Å²) in [6.45, 7) is 0.439. The van der Waals surface area contributed by atoms with Gasteiger partial charge in [0.15, 0.2) is 4.91 Å². The van der Waals surface area contributed by atoms with Gasteiger partial charge in [0.1, 0.15) is 5.75 Å². The van der Waals surface area contributed by atoms with Gasteiger partial charge in [-0.05, 0) is 47.5 Å². The third-order valence-corrected chi connectivity index (χ3v) is 7.16. The number of para-hydroxylation sites is 1. The molecule has 0 aliphatic carbocycles. The van der Waals surface area contributed by atoms with Crippen molar-refractivity contribution >= 4 is 33.1 Å². The summed E-state index contributed by atoms with van der Waals surface area (Å²) in [6, 6.07) is 21.0. The number of rotatable bonds is 6. The number of nitrogens with zero attached hydrogens (tertiary/aromatic N) is 1. The average molecular weight is 469 g/mol. The van der Waals surface area contributed by atoms with Gasteiger partial charge in [-0.1, -0.05) is 48.0 Å². The van der Waals surface area contributed by atoms with Gasteiger partial charge in [0.25, 0.3) is 10.0 Å². The Morgan fingerprint density at radius 1 is 0.969 bits per heavy atom. The predicted octanol–water partition coefficient (Wildman–Crippen LogP) is 4.51. The number of benzene rings is 3. The number of anilines is 1. The van der Waals surface area contributed by atoms with E-state index in [9.17, 15) is 13.2 Å². The Hall–Kier alpha value is -3.29. The maximum Gasteiger partial charge on any atom is 0.270 e. The lowest BCUT2D eigenvalue weighted by atomic mass is 10.1. The van der Waals surface area contributed by atoms with Gasteiger partial charge in [-0.15, -0.1) is 0 Å². The van der Waals surface area contributed by atoms with Crippen LogP contribution < -0.4 is 14.4 Å². The summed E-state index contributed by atoms with van der Waals surface area (Å²) in [5.41, 5.74) is 2.38. The molecule has 6 nitrogen and oxygen atoms in total. The number of carbonyl (C=O) groups excluding carboxylic acids is 1. The summed E-state index contributed by atoms with van der Waals surface area (Å²) in [5.74, 6) is 0.196. The minimum atomic E-state index is -4.07. The number of allylic oxidation sites excluding steroid dienone is 1. The molecule has 0 unspecified atom stereocenters. The summed E-state index contributed by atoms with van der Waals surface area (Å²) in [6.07, 6.45) is 1.28. The molecule has 0 atom stereocenters. The first-order chi connectivity index (χ1) is 15.4. The molecule has 1 heterocycles. The van der Waals surface area contributed by atoms with Crippen LogP contribution in [0.15, 0.2) is 83.9 Å². The topological polar surface area (TPSA) is 75.7 Å². The molecule has 1 aliphatic heterocycles. The lowest BCUT2D eigenvalue weighted by Crippen LogP contribution is -2.39. The quantitative estimate of drug-likeness (QED) is 0.538. The molecule has 4 rings (SSSR count). The molecule has 3 aromatic rings. The van der Waals surface area contributed by atoms with Gasteiger partial charge in [0.05, 0.1) is 19.3 Å². The van der Waals surface area contributed by atoms with Crippen molar-refractivity contribution in [3.05, 3.63) is 106 Å². The second-order valence-electron chi connectivity index (χ2n) is 7.22. The van der Waals surface area contributed by atoms with Crippen LogP contribution in [0.1, 0.15) is 21.5 Å². The molecule has 0 saturated heterocycles. The zero-order valence-electron chi connectivity index (χ0n) is 17.3. The third kappa shape index (κ3) is 4.35. The van der Waals surface area contributed by atoms with Gasteiger partial charge in [-0.2, -0.15) is 0 Å². The van der Waals surface area contributed by atoms with Gasteiger partial charge in [-0.25, -0.2) is 8.42 Å². The summed E-state index contributed by atoms with van der Waals surface area (Å²) < 4.78 is 33.3. The monoisotopic (exact) mass is 468 g/mol. The summed E-state index contributed by atoms with van der Waals surface area (Å²) >= 11 is 5.96. The lowest BCUT2D eigenvalue weighted by molar-refractivity contribution is 0.104. The molecule has 1 N–H and O–H groups in total. The largest absolute Gasteiger partial charge is 0.497 e. The molecule has 0 bridgehead atoms. The Kier molecular flexibility index (Phi) is 6.21. The summed E-state index contributed by atoms with van der Waals surface area (Å²) in [7, 11) is -2.48. The number of carbonyl (C=O) groups is 1. The Bertz CT molecular complexity index is 1270. The summed E-state index contributed by atoms with van der Waals surface area (Å²) in [4.78, 5) is 12.8. The van der Waals surface area contributed by atoms with E-state index in [1.165, 1.54) is 10.5 Å². The third-order valence-electron chi connectivity index (χ3n) is 5.15. The van der Waals surface area contributed by atoms with Gasteiger partial charge >= 0.3 is 0 Å². The van der Waals surface area contributed by atoms with Crippen LogP contribution in [0.25, 0.3) is 0 Å². The second kappa shape index (κ2) is 9.06. The first-order valence-corrected chi connectivity index (χ1v) is 11.7. The molecule has 0 saturated carbocycles. The maximum atomic E-state index is 13.4. The Labute approximate surface area is 192 Å². The van der Waals surface area contributed by atoms with Gasteiger partial charge in [0, 0.05) is 23.3 Å². The van der Waals surface area contributed by atoms with E-state index in [0.717, 1.165) is 16.9 Å². The van der Waals surface area contributed by atoms with E-state index < -0.39 is 15.8 Å². The normalized spacial score (nSPS) is 16.0. The van der Waals surface area contributed by atoms with Crippen molar-refractivity contribution in [1.82, 2.24) is 5.32 Å². The average Bonchev–Trinajstić information content (AvgIpc) is 2.80. The SMILES string of the molecule is COc1ccc(CNC=C2C(=O)c3ccccc3N(Cc3ccc(Cl)cc3)S2(=O)=O)cc1. The molecule has 8 heteroatoms. The van der Waals surface area contributed by atoms with Crippen molar-refractivity contribution in [1.29, 1.82) is 0 Å². The van der Waals surface area contributed by atoms with Crippen LogP contribution in [0.3, 0.4) is 0 Å². The van der Waals surface area contributed by atoms with Crippen molar-refractivity contribution in [2.75, 3.05) is 11.4 Å². The van der Waals surface area contributed by atoms with Gasteiger partial charge < -0.3 is 10.1 Å². The molecule has 0 aromatic heterocycles. The van der Waals surface area contributed by atoms with Crippen molar-refractivity contribution in [3.63, 3.8) is 0 Å². The van der Waals surface area contributed by atoms with E-state index in [2.05, 4.69) is 5.32 Å². The standard InChI is InChI=1S/C24H21ClN2O4S/c1-31-20-12-8-17(9-13-20)14-26-15-23-24(28)21-4-2-3-5-22(21)27(32(23,29)30)16-18-6-10-19(25)11-7-18/h2-13,15,26H,14,16H2,1H3. The fraction of sp³-hybridized carbons (Fsp3) is 0.125. The molecule has 3 aromatic carbocycles. The highest BCUT2D eigenvalue weighted by Gasteiger charge is 2.39. The van der Waals surface area contributed by atoms with Crippen LogP contribution in [0, 0.1) is 0 Å². The number of ether oxygens (including phenoxy) is 1. The molecular formula is C24H21ClN2O4S. The molecule has 0 amide bonds. The highest BCUT2D eigenvalue weighted by Crippen LogP contribution is 2.36. The van der Waals surface area contributed by atoms with Crippen LogP contribution in [0.5, 0.6) is 5.75 Å². The Balaban J connectivity index is 1.65.